The molecule has 1 amide bonds. The highest BCUT2D eigenvalue weighted by atomic mass is 32.1. The molecule has 0 spiro atoms. The lowest BCUT2D eigenvalue weighted by atomic mass is 10.3. The van der Waals surface area contributed by atoms with Crippen LogP contribution in [-0.4, -0.2) is 42.6 Å². The highest BCUT2D eigenvalue weighted by molar-refractivity contribution is 7.80. The van der Waals surface area contributed by atoms with E-state index in [0.717, 1.165) is 5.75 Å². The Hall–Kier alpha value is -1.82. The maximum absolute atomic E-state index is 11.8. The second-order valence-corrected chi connectivity index (χ2v) is 4.75. The van der Waals surface area contributed by atoms with Crippen LogP contribution in [0.25, 0.3) is 0 Å². The molecule has 1 rings (SSSR count). The number of ether oxygens (including phenoxy) is 2. The van der Waals surface area contributed by atoms with E-state index in [-0.39, 0.29) is 12.5 Å². The van der Waals surface area contributed by atoms with Crippen LogP contribution < -0.4 is 15.2 Å². The van der Waals surface area contributed by atoms with E-state index in [1.165, 1.54) is 0 Å². The van der Waals surface area contributed by atoms with Crippen molar-refractivity contribution >= 4 is 23.1 Å². The third-order valence-corrected chi connectivity index (χ3v) is 2.82. The Morgan fingerprint density at radius 1 is 1.25 bits per heavy atom. The maximum Gasteiger partial charge on any atom is 0.260 e. The predicted octanol–water partition coefficient (Wildman–Crippen LogP) is 1.60. The summed E-state index contributed by atoms with van der Waals surface area (Å²) in [6.07, 6.45) is 0.515. The summed E-state index contributed by atoms with van der Waals surface area (Å²) < 4.78 is 10.7. The molecule has 0 saturated carbocycles. The number of benzene rings is 1. The van der Waals surface area contributed by atoms with Crippen molar-refractivity contribution in [2.45, 2.75) is 13.3 Å². The number of nitrogens with two attached hydrogens (primary N) is 1. The van der Waals surface area contributed by atoms with E-state index < -0.39 is 0 Å². The first-order chi connectivity index (χ1) is 9.52. The van der Waals surface area contributed by atoms with E-state index in [2.05, 4.69) is 0 Å². The molecular weight excluding hydrogens is 276 g/mol. The van der Waals surface area contributed by atoms with E-state index >= 15 is 0 Å². The number of hydrogen-bond acceptors (Lipinski definition) is 4. The van der Waals surface area contributed by atoms with Crippen LogP contribution in [0.1, 0.15) is 13.3 Å². The first kappa shape index (κ1) is 16.2. The standard InChI is InChI=1S/C14H20N2O3S/c1-3-18-11-4-6-12(7-5-11)19-10-14(17)16(2)9-8-13(15)20/h4-7H,3,8-10H2,1-2H3,(H2,15,20). The minimum absolute atomic E-state index is 0.0121. The summed E-state index contributed by atoms with van der Waals surface area (Å²) in [6.45, 7) is 3.03. The fourth-order valence-electron chi connectivity index (χ4n) is 1.46. The fourth-order valence-corrected chi connectivity index (χ4v) is 1.55. The van der Waals surface area contributed by atoms with Gasteiger partial charge in [-0.1, -0.05) is 12.2 Å². The lowest BCUT2D eigenvalue weighted by molar-refractivity contribution is -0.131. The van der Waals surface area contributed by atoms with Crippen LogP contribution in [0.4, 0.5) is 0 Å². The molecule has 0 aromatic heterocycles. The number of amides is 1. The van der Waals surface area contributed by atoms with E-state index in [9.17, 15) is 4.79 Å². The molecule has 0 heterocycles. The third-order valence-electron chi connectivity index (χ3n) is 2.62. The van der Waals surface area contributed by atoms with Gasteiger partial charge in [0.25, 0.3) is 5.91 Å². The molecule has 0 bridgehead atoms. The molecule has 20 heavy (non-hydrogen) atoms. The second-order valence-electron chi connectivity index (χ2n) is 4.22. The van der Waals surface area contributed by atoms with E-state index in [1.807, 2.05) is 6.92 Å². The maximum atomic E-state index is 11.8. The first-order valence-corrected chi connectivity index (χ1v) is 6.81. The van der Waals surface area contributed by atoms with E-state index in [4.69, 9.17) is 27.4 Å². The van der Waals surface area contributed by atoms with Crippen LogP contribution in [0.2, 0.25) is 0 Å². The van der Waals surface area contributed by atoms with Crippen molar-refractivity contribution in [3.05, 3.63) is 24.3 Å². The van der Waals surface area contributed by atoms with Crippen molar-refractivity contribution in [1.82, 2.24) is 4.90 Å². The Bertz CT molecular complexity index is 448. The fraction of sp³-hybridized carbons (Fsp3) is 0.429. The van der Waals surface area contributed by atoms with Crippen molar-refractivity contribution in [3.63, 3.8) is 0 Å². The summed E-state index contributed by atoms with van der Waals surface area (Å²) in [5.74, 6) is 1.29. The van der Waals surface area contributed by atoms with Gasteiger partial charge in [-0.15, -0.1) is 0 Å². The number of carbonyl (C=O) groups is 1. The van der Waals surface area contributed by atoms with Crippen molar-refractivity contribution < 1.29 is 14.3 Å². The van der Waals surface area contributed by atoms with Gasteiger partial charge in [0, 0.05) is 20.0 Å². The lowest BCUT2D eigenvalue weighted by Crippen LogP contribution is -2.33. The van der Waals surface area contributed by atoms with Gasteiger partial charge < -0.3 is 20.1 Å². The van der Waals surface area contributed by atoms with Crippen LogP contribution in [0.3, 0.4) is 0 Å². The predicted molar refractivity (Wildman–Crippen MR) is 82.1 cm³/mol. The Morgan fingerprint density at radius 3 is 2.30 bits per heavy atom. The average Bonchev–Trinajstić information content (AvgIpc) is 2.44. The Morgan fingerprint density at radius 2 is 1.80 bits per heavy atom. The van der Waals surface area contributed by atoms with Crippen molar-refractivity contribution in [2.75, 3.05) is 26.8 Å². The van der Waals surface area contributed by atoms with Crippen molar-refractivity contribution in [1.29, 1.82) is 0 Å². The summed E-state index contributed by atoms with van der Waals surface area (Å²) >= 11 is 4.77. The van der Waals surface area contributed by atoms with Gasteiger partial charge in [0.15, 0.2) is 6.61 Å². The van der Waals surface area contributed by atoms with Gasteiger partial charge in [-0.3, -0.25) is 4.79 Å². The minimum Gasteiger partial charge on any atom is -0.494 e. The lowest BCUT2D eigenvalue weighted by Gasteiger charge is -2.17. The molecule has 0 aliphatic rings. The van der Waals surface area contributed by atoms with E-state index in [1.54, 1.807) is 36.2 Å². The SMILES string of the molecule is CCOc1ccc(OCC(=O)N(C)CCC(N)=S)cc1. The molecule has 0 radical (unpaired) electrons. The molecule has 5 nitrogen and oxygen atoms in total. The van der Waals surface area contributed by atoms with Gasteiger partial charge in [0.1, 0.15) is 11.5 Å². The van der Waals surface area contributed by atoms with Gasteiger partial charge in [-0.05, 0) is 31.2 Å². The summed E-state index contributed by atoms with van der Waals surface area (Å²) in [5.41, 5.74) is 5.40. The summed E-state index contributed by atoms with van der Waals surface area (Å²) in [4.78, 5) is 13.7. The first-order valence-electron chi connectivity index (χ1n) is 6.41. The molecule has 0 atom stereocenters. The number of carbonyl (C=O) groups excluding carboxylic acids is 1. The van der Waals surface area contributed by atoms with Gasteiger partial charge in [-0.2, -0.15) is 0 Å². The number of thiocarbonyl (C=S) groups is 1. The molecule has 2 N–H and O–H groups in total. The van der Waals surface area contributed by atoms with Gasteiger partial charge in [0.05, 0.1) is 11.6 Å². The average molecular weight is 296 g/mol. The summed E-state index contributed by atoms with van der Waals surface area (Å²) in [6, 6.07) is 7.15. The molecular formula is C14H20N2O3S. The van der Waals surface area contributed by atoms with E-state index in [0.29, 0.717) is 30.3 Å². The third kappa shape index (κ3) is 5.88. The number of hydrogen-bond donors (Lipinski definition) is 1. The van der Waals surface area contributed by atoms with Gasteiger partial charge in [-0.25, -0.2) is 0 Å². The van der Waals surface area contributed by atoms with Gasteiger partial charge >= 0.3 is 0 Å². The Kier molecular flexibility index (Phi) is 6.79. The van der Waals surface area contributed by atoms with Crippen molar-refractivity contribution in [2.24, 2.45) is 5.73 Å². The van der Waals surface area contributed by atoms with Crippen molar-refractivity contribution in [3.8, 4) is 11.5 Å². The molecule has 0 saturated heterocycles. The number of rotatable bonds is 8. The number of nitrogens with zero attached hydrogens (tertiary/aromatic N) is 1. The highest BCUT2D eigenvalue weighted by Gasteiger charge is 2.09. The normalized spacial score (nSPS) is 9.90. The van der Waals surface area contributed by atoms with Crippen LogP contribution >= 0.6 is 12.2 Å². The topological polar surface area (TPSA) is 64.8 Å². The Balaban J connectivity index is 2.38. The summed E-state index contributed by atoms with van der Waals surface area (Å²) in [7, 11) is 1.70. The van der Waals surface area contributed by atoms with Crippen LogP contribution in [-0.2, 0) is 4.79 Å². The quantitative estimate of drug-likeness (QED) is 0.738. The van der Waals surface area contributed by atoms with Gasteiger partial charge in [0.2, 0.25) is 0 Å². The number of likely N-dealkylation sites (N-methyl/N-ethyl adjacent to an activating group) is 1. The monoisotopic (exact) mass is 296 g/mol. The Labute approximate surface area is 124 Å². The molecule has 1 aromatic rings. The smallest absolute Gasteiger partial charge is 0.260 e. The minimum atomic E-state index is -0.116. The molecule has 0 aliphatic carbocycles. The van der Waals surface area contributed by atoms with Crippen LogP contribution in [0.5, 0.6) is 11.5 Å². The zero-order chi connectivity index (χ0) is 15.0. The largest absolute Gasteiger partial charge is 0.494 e. The summed E-state index contributed by atoms with van der Waals surface area (Å²) in [5, 5.41) is 0. The second kappa shape index (κ2) is 8.37. The molecule has 0 aliphatic heterocycles. The molecule has 0 fully saturated rings. The molecule has 0 unspecified atom stereocenters. The molecule has 110 valence electrons. The van der Waals surface area contributed by atoms with Crippen LogP contribution in [0.15, 0.2) is 24.3 Å². The highest BCUT2D eigenvalue weighted by Crippen LogP contribution is 2.17. The zero-order valence-corrected chi connectivity index (χ0v) is 12.6. The zero-order valence-electron chi connectivity index (χ0n) is 11.8. The van der Waals surface area contributed by atoms with Crippen LogP contribution in [0, 0.1) is 0 Å². The molecule has 6 heteroatoms. The molecule has 1 aromatic carbocycles.